The van der Waals surface area contributed by atoms with Crippen LogP contribution in [0.4, 0.5) is 30.2 Å². The smallest absolute Gasteiger partial charge is 0.350 e. The van der Waals surface area contributed by atoms with Crippen LogP contribution < -0.4 is 15.5 Å². The van der Waals surface area contributed by atoms with E-state index in [1.54, 1.807) is 18.2 Å². The number of hydrogen-bond acceptors (Lipinski definition) is 4. The Morgan fingerprint density at radius 1 is 0.946 bits per heavy atom. The Bertz CT molecular complexity index is 1440. The lowest BCUT2D eigenvalue weighted by molar-refractivity contribution is -0.137. The number of hydrogen-bond donors (Lipinski definition) is 2. The number of aryl methyl sites for hydroxylation is 1. The third-order valence-corrected chi connectivity index (χ3v) is 6.28. The molecule has 1 aliphatic heterocycles. The van der Waals surface area contributed by atoms with Crippen LogP contribution in [0.25, 0.3) is 0 Å². The van der Waals surface area contributed by atoms with E-state index in [1.807, 2.05) is 13.0 Å². The first-order valence-electron chi connectivity index (χ1n) is 10.9. The molecule has 0 spiro atoms. The summed E-state index contributed by atoms with van der Waals surface area (Å²) in [7, 11) is 0. The fraction of sp³-hybridized carbons (Fsp3) is 0.115. The second kappa shape index (κ2) is 10.3. The summed E-state index contributed by atoms with van der Waals surface area (Å²) in [5.74, 6) is -1.99. The van der Waals surface area contributed by atoms with Crippen LogP contribution in [0, 0.1) is 0 Å². The summed E-state index contributed by atoms with van der Waals surface area (Å²) >= 11 is 12.1. The number of para-hydroxylation sites is 1. The van der Waals surface area contributed by atoms with Crippen molar-refractivity contribution in [2.45, 2.75) is 19.5 Å². The SMILES string of the molecule is CCc1ccccc1N1C(=O)C(Cl)=C(Nc2ccc(C(=O)Nc3cc(C(F)(F)F)ccc3Cl)cc2)C1=O. The van der Waals surface area contributed by atoms with Gasteiger partial charge in [0.25, 0.3) is 17.7 Å². The molecule has 3 aromatic carbocycles. The molecule has 4 rings (SSSR count). The highest BCUT2D eigenvalue weighted by atomic mass is 35.5. The quantitative estimate of drug-likeness (QED) is 0.340. The van der Waals surface area contributed by atoms with Crippen LogP contribution in [0.3, 0.4) is 0 Å². The molecule has 3 amide bonds. The molecular weight excluding hydrogens is 530 g/mol. The Balaban J connectivity index is 1.50. The Labute approximate surface area is 219 Å². The van der Waals surface area contributed by atoms with Crippen LogP contribution in [0.5, 0.6) is 0 Å². The van der Waals surface area contributed by atoms with Crippen molar-refractivity contribution >= 4 is 58.0 Å². The van der Waals surface area contributed by atoms with Crippen LogP contribution in [0.2, 0.25) is 5.02 Å². The van der Waals surface area contributed by atoms with Gasteiger partial charge in [-0.1, -0.05) is 48.3 Å². The summed E-state index contributed by atoms with van der Waals surface area (Å²) in [6.07, 6.45) is -4.00. The van der Waals surface area contributed by atoms with E-state index >= 15 is 0 Å². The highest BCUT2D eigenvalue weighted by Crippen LogP contribution is 2.35. The van der Waals surface area contributed by atoms with Gasteiger partial charge in [-0.15, -0.1) is 0 Å². The Morgan fingerprint density at radius 3 is 2.27 bits per heavy atom. The number of carbonyl (C=O) groups is 3. The minimum absolute atomic E-state index is 0.0557. The third kappa shape index (κ3) is 5.33. The topological polar surface area (TPSA) is 78.5 Å². The third-order valence-electron chi connectivity index (χ3n) is 5.60. The molecule has 0 saturated carbocycles. The number of nitrogens with zero attached hydrogens (tertiary/aromatic N) is 1. The molecule has 37 heavy (non-hydrogen) atoms. The van der Waals surface area contributed by atoms with E-state index in [4.69, 9.17) is 23.2 Å². The maximum atomic E-state index is 13.1. The van der Waals surface area contributed by atoms with Gasteiger partial charge < -0.3 is 10.6 Å². The van der Waals surface area contributed by atoms with Crippen molar-refractivity contribution in [3.63, 3.8) is 0 Å². The molecule has 2 N–H and O–H groups in total. The molecule has 6 nitrogen and oxygen atoms in total. The van der Waals surface area contributed by atoms with Crippen molar-refractivity contribution in [3.05, 3.63) is 99.2 Å². The van der Waals surface area contributed by atoms with E-state index in [9.17, 15) is 27.6 Å². The Morgan fingerprint density at radius 2 is 1.62 bits per heavy atom. The van der Waals surface area contributed by atoms with Crippen LogP contribution >= 0.6 is 23.2 Å². The molecule has 1 aliphatic rings. The van der Waals surface area contributed by atoms with E-state index in [1.165, 1.54) is 24.3 Å². The molecule has 0 aromatic heterocycles. The lowest BCUT2D eigenvalue weighted by Crippen LogP contribution is -2.33. The van der Waals surface area contributed by atoms with E-state index in [0.29, 0.717) is 17.8 Å². The average molecular weight is 548 g/mol. The fourth-order valence-electron chi connectivity index (χ4n) is 3.70. The van der Waals surface area contributed by atoms with E-state index in [-0.39, 0.29) is 27.0 Å². The number of imide groups is 1. The normalized spacial score (nSPS) is 13.8. The van der Waals surface area contributed by atoms with Gasteiger partial charge >= 0.3 is 6.18 Å². The monoisotopic (exact) mass is 547 g/mol. The Kier molecular flexibility index (Phi) is 7.29. The van der Waals surface area contributed by atoms with Crippen molar-refractivity contribution < 1.29 is 27.6 Å². The minimum atomic E-state index is -4.60. The van der Waals surface area contributed by atoms with E-state index in [2.05, 4.69) is 10.6 Å². The molecule has 0 saturated heterocycles. The summed E-state index contributed by atoms with van der Waals surface area (Å²) < 4.78 is 39.0. The molecule has 0 unspecified atom stereocenters. The molecule has 11 heteroatoms. The number of halogens is 5. The second-order valence-corrected chi connectivity index (χ2v) is 8.75. The summed E-state index contributed by atoms with van der Waals surface area (Å²) in [5.41, 5.74) is 0.443. The first kappa shape index (κ1) is 26.2. The molecule has 190 valence electrons. The predicted octanol–water partition coefficient (Wildman–Crippen LogP) is 6.61. The number of alkyl halides is 3. The maximum Gasteiger partial charge on any atom is 0.416 e. The highest BCUT2D eigenvalue weighted by molar-refractivity contribution is 6.53. The summed E-state index contributed by atoms with van der Waals surface area (Å²) in [4.78, 5) is 39.4. The second-order valence-electron chi connectivity index (χ2n) is 7.97. The molecular formula is C26H18Cl2F3N3O3. The lowest BCUT2D eigenvalue weighted by atomic mass is 10.1. The first-order chi connectivity index (χ1) is 17.5. The first-order valence-corrected chi connectivity index (χ1v) is 11.7. The van der Waals surface area contributed by atoms with Gasteiger partial charge in [-0.05, 0) is 60.5 Å². The van der Waals surface area contributed by atoms with Gasteiger partial charge in [0.05, 0.1) is 22.0 Å². The number of rotatable bonds is 6. The molecule has 0 bridgehead atoms. The molecule has 3 aromatic rings. The zero-order valence-electron chi connectivity index (χ0n) is 19.1. The van der Waals surface area contributed by atoms with Gasteiger partial charge in [0.2, 0.25) is 0 Å². The average Bonchev–Trinajstić information content (AvgIpc) is 3.07. The standard InChI is InChI=1S/C26H18Cl2F3N3O3/c1-2-14-5-3-4-6-20(14)34-24(36)21(28)22(25(34)37)32-17-10-7-15(8-11-17)23(35)33-19-13-16(26(29,30)31)9-12-18(19)27/h3-13,32H,2H2,1H3,(H,33,35). The van der Waals surface area contributed by atoms with E-state index in [0.717, 1.165) is 28.7 Å². The number of amides is 3. The molecule has 0 radical (unpaired) electrons. The van der Waals surface area contributed by atoms with Gasteiger partial charge in [-0.25, -0.2) is 4.90 Å². The van der Waals surface area contributed by atoms with E-state index < -0.39 is 29.5 Å². The van der Waals surface area contributed by atoms with Crippen LogP contribution in [-0.2, 0) is 22.2 Å². The zero-order valence-corrected chi connectivity index (χ0v) is 20.6. The lowest BCUT2D eigenvalue weighted by Gasteiger charge is -2.18. The fourth-order valence-corrected chi connectivity index (χ4v) is 4.08. The van der Waals surface area contributed by atoms with Crippen molar-refractivity contribution in [1.29, 1.82) is 0 Å². The van der Waals surface area contributed by atoms with Gasteiger partial charge in [0.15, 0.2) is 0 Å². The number of nitrogens with one attached hydrogen (secondary N) is 2. The van der Waals surface area contributed by atoms with Crippen LogP contribution in [0.15, 0.2) is 77.5 Å². The van der Waals surface area contributed by atoms with Crippen molar-refractivity contribution in [1.82, 2.24) is 0 Å². The van der Waals surface area contributed by atoms with Crippen LogP contribution in [0.1, 0.15) is 28.4 Å². The largest absolute Gasteiger partial charge is 0.416 e. The predicted molar refractivity (Wildman–Crippen MR) is 136 cm³/mol. The molecule has 1 heterocycles. The Hall–Kier alpha value is -3.82. The molecule has 0 aliphatic carbocycles. The van der Waals surface area contributed by atoms with Crippen molar-refractivity contribution in [3.8, 4) is 0 Å². The molecule has 0 fully saturated rings. The van der Waals surface area contributed by atoms with Crippen molar-refractivity contribution in [2.24, 2.45) is 0 Å². The van der Waals surface area contributed by atoms with Crippen molar-refractivity contribution in [2.75, 3.05) is 15.5 Å². The number of benzene rings is 3. The van der Waals surface area contributed by atoms with Gasteiger partial charge in [0, 0.05) is 11.3 Å². The van der Waals surface area contributed by atoms with Gasteiger partial charge in [-0.3, -0.25) is 14.4 Å². The maximum absolute atomic E-state index is 13.1. The summed E-state index contributed by atoms with van der Waals surface area (Å²) in [6.45, 7) is 1.90. The number of anilines is 3. The minimum Gasteiger partial charge on any atom is -0.350 e. The van der Waals surface area contributed by atoms with Gasteiger partial charge in [0.1, 0.15) is 10.7 Å². The zero-order chi connectivity index (χ0) is 26.9. The highest BCUT2D eigenvalue weighted by Gasteiger charge is 2.39. The summed E-state index contributed by atoms with van der Waals surface area (Å²) in [5, 5.41) is 4.84. The van der Waals surface area contributed by atoms with Crippen LogP contribution in [-0.4, -0.2) is 17.7 Å². The molecule has 0 atom stereocenters. The summed E-state index contributed by atoms with van der Waals surface area (Å²) in [6, 6.07) is 15.3. The van der Waals surface area contributed by atoms with Gasteiger partial charge in [-0.2, -0.15) is 13.2 Å². The number of carbonyl (C=O) groups excluding carboxylic acids is 3.